The smallest absolute Gasteiger partial charge is 0.237 e. The van der Waals surface area contributed by atoms with Gasteiger partial charge in [-0.2, -0.15) is 0 Å². The lowest BCUT2D eigenvalue weighted by Crippen LogP contribution is -2.60. The van der Waals surface area contributed by atoms with E-state index in [9.17, 15) is 4.79 Å². The molecule has 1 fully saturated rings. The molecule has 4 nitrogen and oxygen atoms in total. The summed E-state index contributed by atoms with van der Waals surface area (Å²) in [6, 6.07) is 0.765. The van der Waals surface area contributed by atoms with Crippen molar-refractivity contribution in [3.05, 3.63) is 0 Å². The highest BCUT2D eigenvalue weighted by Gasteiger charge is 2.28. The van der Waals surface area contributed by atoms with E-state index in [1.54, 1.807) is 0 Å². The third-order valence-electron chi connectivity index (χ3n) is 3.44. The summed E-state index contributed by atoms with van der Waals surface area (Å²) in [5.41, 5.74) is 0. The molecule has 1 aliphatic heterocycles. The van der Waals surface area contributed by atoms with Crippen molar-refractivity contribution in [3.8, 4) is 0 Å². The van der Waals surface area contributed by atoms with E-state index in [-0.39, 0.29) is 18.0 Å². The van der Waals surface area contributed by atoms with Crippen molar-refractivity contribution in [1.82, 2.24) is 15.5 Å². The minimum absolute atomic E-state index is 0.0357. The van der Waals surface area contributed by atoms with Gasteiger partial charge in [-0.15, -0.1) is 0 Å². The molecule has 1 amide bonds. The average Bonchev–Trinajstić information content (AvgIpc) is 2.13. The minimum atomic E-state index is -0.0357. The largest absolute Gasteiger partial charge is 0.352 e. The molecule has 2 atom stereocenters. The number of carbonyl (C=O) groups excluding carboxylic acids is 1. The first-order valence-corrected chi connectivity index (χ1v) is 6.29. The van der Waals surface area contributed by atoms with Crippen LogP contribution in [0.4, 0.5) is 0 Å². The molecule has 1 aliphatic rings. The number of hydrogen-bond acceptors (Lipinski definition) is 3. The Labute approximate surface area is 98.8 Å². The molecule has 1 rings (SSSR count). The molecule has 0 bridgehead atoms. The monoisotopic (exact) mass is 227 g/mol. The molecule has 0 saturated carbocycles. The van der Waals surface area contributed by atoms with Gasteiger partial charge in [0.25, 0.3) is 0 Å². The third-order valence-corrected chi connectivity index (χ3v) is 3.44. The number of nitrogens with one attached hydrogen (secondary N) is 2. The molecule has 0 radical (unpaired) electrons. The standard InChI is InChI=1S/C12H25N3O/c1-5-6-9(2)14-12(16)10(3)15(4)11-7-13-8-11/h9-11,13H,5-8H2,1-4H3,(H,14,16). The summed E-state index contributed by atoms with van der Waals surface area (Å²) in [6.45, 7) is 8.18. The van der Waals surface area contributed by atoms with Crippen LogP contribution in [0, 0.1) is 0 Å². The molecule has 4 heteroatoms. The van der Waals surface area contributed by atoms with Crippen molar-refractivity contribution >= 4 is 5.91 Å². The Bertz CT molecular complexity index is 228. The predicted octanol–water partition coefficient (Wildman–Crippen LogP) is 0.583. The maximum atomic E-state index is 11.9. The molecular formula is C12H25N3O. The fraction of sp³-hybridized carbons (Fsp3) is 0.917. The molecule has 16 heavy (non-hydrogen) atoms. The van der Waals surface area contributed by atoms with E-state index in [0.717, 1.165) is 25.9 Å². The Balaban J connectivity index is 2.34. The summed E-state index contributed by atoms with van der Waals surface area (Å²) in [7, 11) is 2.03. The van der Waals surface area contributed by atoms with E-state index in [1.165, 1.54) is 0 Å². The molecule has 0 aromatic heterocycles. The quantitative estimate of drug-likeness (QED) is 0.698. The first-order chi connectivity index (χ1) is 7.56. The second kappa shape index (κ2) is 6.21. The number of likely N-dealkylation sites (N-methyl/N-ethyl adjacent to an activating group) is 1. The highest BCUT2D eigenvalue weighted by molar-refractivity contribution is 5.81. The van der Waals surface area contributed by atoms with Crippen LogP contribution in [0.5, 0.6) is 0 Å². The van der Waals surface area contributed by atoms with Crippen molar-refractivity contribution in [3.63, 3.8) is 0 Å². The lowest BCUT2D eigenvalue weighted by atomic mass is 10.1. The van der Waals surface area contributed by atoms with Crippen LogP contribution in [0.2, 0.25) is 0 Å². The summed E-state index contributed by atoms with van der Waals surface area (Å²) in [6.07, 6.45) is 2.16. The summed E-state index contributed by atoms with van der Waals surface area (Å²) < 4.78 is 0. The van der Waals surface area contributed by atoms with Gasteiger partial charge in [0.15, 0.2) is 0 Å². The Morgan fingerprint density at radius 1 is 1.50 bits per heavy atom. The van der Waals surface area contributed by atoms with E-state index in [1.807, 2.05) is 14.0 Å². The molecule has 0 aromatic rings. The van der Waals surface area contributed by atoms with E-state index in [2.05, 4.69) is 29.4 Å². The highest BCUT2D eigenvalue weighted by Crippen LogP contribution is 2.07. The molecule has 94 valence electrons. The summed E-state index contributed by atoms with van der Waals surface area (Å²) in [5, 5.41) is 6.29. The normalized spacial score (nSPS) is 20.3. The van der Waals surface area contributed by atoms with Gasteiger partial charge in [0.2, 0.25) is 5.91 Å². The van der Waals surface area contributed by atoms with Crippen molar-refractivity contribution < 1.29 is 4.79 Å². The van der Waals surface area contributed by atoms with Crippen LogP contribution in [0.15, 0.2) is 0 Å². The molecule has 0 aromatic carbocycles. The van der Waals surface area contributed by atoms with Crippen LogP contribution in [-0.4, -0.2) is 49.1 Å². The van der Waals surface area contributed by atoms with Gasteiger partial charge in [-0.1, -0.05) is 13.3 Å². The molecule has 2 N–H and O–H groups in total. The summed E-state index contributed by atoms with van der Waals surface area (Å²) >= 11 is 0. The fourth-order valence-corrected chi connectivity index (χ4v) is 1.93. The average molecular weight is 227 g/mol. The van der Waals surface area contributed by atoms with Crippen molar-refractivity contribution in [1.29, 1.82) is 0 Å². The van der Waals surface area contributed by atoms with Crippen LogP contribution >= 0.6 is 0 Å². The van der Waals surface area contributed by atoms with Crippen molar-refractivity contribution in [2.45, 2.75) is 51.7 Å². The highest BCUT2D eigenvalue weighted by atomic mass is 16.2. The topological polar surface area (TPSA) is 44.4 Å². The molecule has 0 spiro atoms. The second-order valence-corrected chi connectivity index (χ2v) is 4.85. The van der Waals surface area contributed by atoms with Crippen LogP contribution in [0.25, 0.3) is 0 Å². The van der Waals surface area contributed by atoms with E-state index in [0.29, 0.717) is 6.04 Å². The van der Waals surface area contributed by atoms with Gasteiger partial charge in [-0.05, 0) is 27.3 Å². The first-order valence-electron chi connectivity index (χ1n) is 6.29. The zero-order valence-corrected chi connectivity index (χ0v) is 10.9. The predicted molar refractivity (Wildman–Crippen MR) is 66.4 cm³/mol. The zero-order chi connectivity index (χ0) is 12.1. The first kappa shape index (κ1) is 13.5. The van der Waals surface area contributed by atoms with Crippen LogP contribution < -0.4 is 10.6 Å². The lowest BCUT2D eigenvalue weighted by Gasteiger charge is -2.38. The Kier molecular flexibility index (Phi) is 5.22. The van der Waals surface area contributed by atoms with Crippen LogP contribution in [-0.2, 0) is 4.79 Å². The van der Waals surface area contributed by atoms with E-state index in [4.69, 9.17) is 0 Å². The molecule has 1 heterocycles. The Hall–Kier alpha value is -0.610. The second-order valence-electron chi connectivity index (χ2n) is 4.85. The van der Waals surface area contributed by atoms with Crippen molar-refractivity contribution in [2.24, 2.45) is 0 Å². The number of rotatable bonds is 6. The Morgan fingerprint density at radius 3 is 2.56 bits per heavy atom. The summed E-state index contributed by atoms with van der Waals surface area (Å²) in [5.74, 6) is 0.148. The Morgan fingerprint density at radius 2 is 2.12 bits per heavy atom. The van der Waals surface area contributed by atoms with Crippen LogP contribution in [0.1, 0.15) is 33.6 Å². The van der Waals surface area contributed by atoms with Gasteiger partial charge in [-0.3, -0.25) is 9.69 Å². The molecule has 0 aliphatic carbocycles. The maximum absolute atomic E-state index is 11.9. The maximum Gasteiger partial charge on any atom is 0.237 e. The number of amides is 1. The minimum Gasteiger partial charge on any atom is -0.352 e. The van der Waals surface area contributed by atoms with Gasteiger partial charge in [-0.25, -0.2) is 0 Å². The number of nitrogens with zero attached hydrogens (tertiary/aromatic N) is 1. The zero-order valence-electron chi connectivity index (χ0n) is 10.9. The third kappa shape index (κ3) is 3.46. The van der Waals surface area contributed by atoms with E-state index >= 15 is 0 Å². The van der Waals surface area contributed by atoms with Gasteiger partial charge in [0, 0.05) is 25.2 Å². The van der Waals surface area contributed by atoms with Gasteiger partial charge in [0.05, 0.1) is 6.04 Å². The number of hydrogen-bond donors (Lipinski definition) is 2. The lowest BCUT2D eigenvalue weighted by molar-refractivity contribution is -0.127. The van der Waals surface area contributed by atoms with Gasteiger partial charge < -0.3 is 10.6 Å². The van der Waals surface area contributed by atoms with Crippen molar-refractivity contribution in [2.75, 3.05) is 20.1 Å². The molecular weight excluding hydrogens is 202 g/mol. The molecule has 1 saturated heterocycles. The number of carbonyl (C=O) groups is 1. The SMILES string of the molecule is CCCC(C)NC(=O)C(C)N(C)C1CNC1. The van der Waals surface area contributed by atoms with E-state index < -0.39 is 0 Å². The summed E-state index contributed by atoms with van der Waals surface area (Å²) in [4.78, 5) is 14.1. The molecule has 2 unspecified atom stereocenters. The fourth-order valence-electron chi connectivity index (χ4n) is 1.93. The van der Waals surface area contributed by atoms with Crippen LogP contribution in [0.3, 0.4) is 0 Å². The van der Waals surface area contributed by atoms with Gasteiger partial charge in [0.1, 0.15) is 0 Å². The van der Waals surface area contributed by atoms with Gasteiger partial charge >= 0.3 is 0 Å².